The highest BCUT2D eigenvalue weighted by molar-refractivity contribution is 5.94. The van der Waals surface area contributed by atoms with Gasteiger partial charge in [-0.25, -0.2) is 9.78 Å². The van der Waals surface area contributed by atoms with E-state index < -0.39 is 6.03 Å². The highest BCUT2D eigenvalue weighted by atomic mass is 16.5. The van der Waals surface area contributed by atoms with Crippen LogP contribution < -0.4 is 10.2 Å². The fraction of sp³-hybridized carbons (Fsp3) is 0.483. The Balaban J connectivity index is 1.82. The minimum atomic E-state index is -0.403. The lowest BCUT2D eigenvalue weighted by molar-refractivity contribution is -0.136. The molecule has 2 aliphatic heterocycles. The molecular formula is C29H38N6O5. The Bertz CT molecular complexity index is 1230. The molecule has 1 saturated heterocycles. The van der Waals surface area contributed by atoms with Gasteiger partial charge in [-0.1, -0.05) is 13.0 Å². The number of rotatable bonds is 11. The molecule has 3 amide bonds. The highest BCUT2D eigenvalue weighted by Gasteiger charge is 2.28. The van der Waals surface area contributed by atoms with Crippen LogP contribution in [0.5, 0.6) is 0 Å². The van der Waals surface area contributed by atoms with Gasteiger partial charge < -0.3 is 19.7 Å². The van der Waals surface area contributed by atoms with Crippen molar-refractivity contribution in [2.45, 2.75) is 39.7 Å². The fourth-order valence-electron chi connectivity index (χ4n) is 4.49. The van der Waals surface area contributed by atoms with E-state index in [0.29, 0.717) is 73.9 Å². The lowest BCUT2D eigenvalue weighted by Crippen LogP contribution is -2.48. The molecule has 0 unspecified atom stereocenters. The number of carbonyl (C=O) groups is 3. The smallest absolute Gasteiger partial charge is 0.327 e. The minimum Gasteiger partial charge on any atom is -0.490 e. The third-order valence-electron chi connectivity index (χ3n) is 6.60. The number of hydrogen-bond acceptors (Lipinski definition) is 8. The molecule has 0 saturated carbocycles. The Hall–Kier alpha value is -4.01. The number of pyridine rings is 1. The van der Waals surface area contributed by atoms with Crippen LogP contribution in [0.25, 0.3) is 0 Å². The Labute approximate surface area is 235 Å². The molecule has 2 aliphatic rings. The molecule has 1 aromatic heterocycles. The van der Waals surface area contributed by atoms with E-state index in [4.69, 9.17) is 9.47 Å². The van der Waals surface area contributed by atoms with E-state index in [1.54, 1.807) is 31.1 Å². The summed E-state index contributed by atoms with van der Waals surface area (Å²) in [5.74, 6) is 0.768. The third kappa shape index (κ3) is 8.00. The topological polar surface area (TPSA) is 128 Å². The van der Waals surface area contributed by atoms with Gasteiger partial charge in [0, 0.05) is 50.6 Å². The van der Waals surface area contributed by atoms with E-state index in [-0.39, 0.29) is 18.2 Å². The van der Waals surface area contributed by atoms with Gasteiger partial charge in [0.1, 0.15) is 29.9 Å². The number of methoxy groups -OCH3 is 1. The number of allylic oxidation sites excluding steroid dienone is 5. The molecule has 1 fully saturated rings. The first-order valence-electron chi connectivity index (χ1n) is 13.4. The molecule has 3 heterocycles. The Morgan fingerprint density at radius 2 is 2.08 bits per heavy atom. The molecule has 11 nitrogen and oxygen atoms in total. The quantitative estimate of drug-likeness (QED) is 0.146. The largest absolute Gasteiger partial charge is 0.490 e. The molecule has 1 N–H and O–H groups in total. The number of carbonyl (C=O) groups excluding carboxylic acids is 3. The van der Waals surface area contributed by atoms with Crippen molar-refractivity contribution in [2.24, 2.45) is 0 Å². The zero-order valence-corrected chi connectivity index (χ0v) is 23.7. The van der Waals surface area contributed by atoms with Crippen LogP contribution in [-0.4, -0.2) is 86.6 Å². The molecule has 11 heteroatoms. The van der Waals surface area contributed by atoms with E-state index >= 15 is 0 Å². The van der Waals surface area contributed by atoms with Crippen LogP contribution in [-0.2, 0) is 27.2 Å². The summed E-state index contributed by atoms with van der Waals surface area (Å²) >= 11 is 0. The maximum Gasteiger partial charge on any atom is 0.327 e. The van der Waals surface area contributed by atoms with Gasteiger partial charge in [-0.05, 0) is 50.9 Å². The average molecular weight is 551 g/mol. The van der Waals surface area contributed by atoms with Gasteiger partial charge in [0.15, 0.2) is 6.29 Å². The second-order valence-corrected chi connectivity index (χ2v) is 9.74. The Morgan fingerprint density at radius 3 is 2.75 bits per heavy atom. The van der Waals surface area contributed by atoms with E-state index in [1.165, 1.54) is 4.90 Å². The number of hydrogen-bond donors (Lipinski definition) is 1. The summed E-state index contributed by atoms with van der Waals surface area (Å²) in [5.41, 5.74) is 2.56. The first-order chi connectivity index (χ1) is 19.3. The standard InChI is InChI=1S/C29H38N6O5/c1-5-6-8-23(17-30)26(40-14-13-39-4)15-21(2)31-29(38)35-10-7-9-22-16-24(25(20-36)32-28(22)35)18-34-12-11-33(3)19-27(34)37/h6,8,15-16,20H,5,7,9-14,18-19H2,1-4H3,(H,31,38)/b8-6+,21-15+,26-23-. The van der Waals surface area contributed by atoms with Crippen molar-refractivity contribution in [3.63, 3.8) is 0 Å². The van der Waals surface area contributed by atoms with Crippen LogP contribution in [0.1, 0.15) is 48.3 Å². The van der Waals surface area contributed by atoms with Crippen LogP contribution in [0.15, 0.2) is 41.3 Å². The molecule has 40 heavy (non-hydrogen) atoms. The molecule has 0 aromatic carbocycles. The Morgan fingerprint density at radius 1 is 1.27 bits per heavy atom. The SMILES string of the molecule is CC/C=C/C(C#N)=C(\C=C(/C)NC(=O)N1CCCc2cc(CN3CCN(C)CC3=O)c(C=O)nc21)OCCOC. The average Bonchev–Trinajstić information content (AvgIpc) is 2.94. The summed E-state index contributed by atoms with van der Waals surface area (Å²) in [6.45, 7) is 6.70. The summed E-state index contributed by atoms with van der Waals surface area (Å²) in [4.78, 5) is 47.6. The molecular weight excluding hydrogens is 512 g/mol. The second kappa shape index (κ2) is 15.0. The number of anilines is 1. The van der Waals surface area contributed by atoms with Crippen LogP contribution in [0.4, 0.5) is 10.6 Å². The molecule has 0 aliphatic carbocycles. The highest BCUT2D eigenvalue weighted by Crippen LogP contribution is 2.28. The monoisotopic (exact) mass is 550 g/mol. The van der Waals surface area contributed by atoms with E-state index in [9.17, 15) is 19.6 Å². The lowest BCUT2D eigenvalue weighted by Gasteiger charge is -2.33. The van der Waals surface area contributed by atoms with Crippen LogP contribution in [0.3, 0.4) is 0 Å². The number of nitrogens with one attached hydrogen (secondary N) is 1. The van der Waals surface area contributed by atoms with Crippen LogP contribution in [0.2, 0.25) is 0 Å². The third-order valence-corrected chi connectivity index (χ3v) is 6.60. The first kappa shape index (κ1) is 30.5. The van der Waals surface area contributed by atoms with E-state index in [0.717, 1.165) is 24.9 Å². The number of likely N-dealkylation sites (N-methyl/N-ethyl adjacent to an activating group) is 1. The van der Waals surface area contributed by atoms with E-state index in [1.807, 2.05) is 31.0 Å². The number of ether oxygens (including phenoxy) is 2. The summed E-state index contributed by atoms with van der Waals surface area (Å²) < 4.78 is 10.8. The zero-order chi connectivity index (χ0) is 29.1. The second-order valence-electron chi connectivity index (χ2n) is 9.74. The predicted molar refractivity (Wildman–Crippen MR) is 150 cm³/mol. The maximum atomic E-state index is 13.3. The summed E-state index contributed by atoms with van der Waals surface area (Å²) in [6.07, 6.45) is 8.02. The van der Waals surface area contributed by atoms with Gasteiger partial charge in [-0.2, -0.15) is 5.26 Å². The molecule has 3 rings (SSSR count). The van der Waals surface area contributed by atoms with Gasteiger partial charge in [0.25, 0.3) is 0 Å². The first-order valence-corrected chi connectivity index (χ1v) is 13.4. The fourth-order valence-corrected chi connectivity index (χ4v) is 4.49. The number of fused-ring (bicyclic) bond motifs is 1. The molecule has 214 valence electrons. The number of nitrogens with zero attached hydrogens (tertiary/aromatic N) is 5. The predicted octanol–water partition coefficient (Wildman–Crippen LogP) is 2.94. The van der Waals surface area contributed by atoms with Gasteiger partial charge in [0.2, 0.25) is 5.91 Å². The maximum absolute atomic E-state index is 13.3. The molecule has 0 atom stereocenters. The summed E-state index contributed by atoms with van der Waals surface area (Å²) in [7, 11) is 3.46. The number of urea groups is 1. The van der Waals surface area contributed by atoms with Crippen molar-refractivity contribution in [1.82, 2.24) is 20.1 Å². The molecule has 1 aromatic rings. The van der Waals surface area contributed by atoms with Gasteiger partial charge in [0.05, 0.1) is 18.7 Å². The van der Waals surface area contributed by atoms with Gasteiger partial charge >= 0.3 is 6.03 Å². The number of aromatic nitrogens is 1. The Kier molecular flexibility index (Phi) is 11.4. The number of piperazine rings is 1. The molecule has 0 spiro atoms. The minimum absolute atomic E-state index is 0.0101. The summed E-state index contributed by atoms with van der Waals surface area (Å²) in [6, 6.07) is 3.63. The molecule has 0 radical (unpaired) electrons. The zero-order valence-electron chi connectivity index (χ0n) is 23.7. The number of amides is 3. The lowest BCUT2D eigenvalue weighted by atomic mass is 10.0. The van der Waals surface area contributed by atoms with Gasteiger partial charge in [-0.3, -0.25) is 19.4 Å². The van der Waals surface area contributed by atoms with Crippen LogP contribution >= 0.6 is 0 Å². The molecule has 0 bridgehead atoms. The number of aryl methyl sites for hydroxylation is 1. The van der Waals surface area contributed by atoms with Crippen molar-refractivity contribution in [3.8, 4) is 6.07 Å². The van der Waals surface area contributed by atoms with Crippen molar-refractivity contribution >= 4 is 24.0 Å². The van der Waals surface area contributed by atoms with Crippen LogP contribution in [0, 0.1) is 11.3 Å². The van der Waals surface area contributed by atoms with Crippen molar-refractivity contribution in [3.05, 3.63) is 58.1 Å². The van der Waals surface area contributed by atoms with Crippen molar-refractivity contribution in [2.75, 3.05) is 58.5 Å². The van der Waals surface area contributed by atoms with Crippen molar-refractivity contribution < 1.29 is 23.9 Å². The number of nitriles is 1. The number of aldehydes is 1. The normalized spacial score (nSPS) is 16.9. The van der Waals surface area contributed by atoms with Crippen molar-refractivity contribution in [1.29, 1.82) is 5.26 Å². The van der Waals surface area contributed by atoms with E-state index in [2.05, 4.69) is 16.4 Å². The summed E-state index contributed by atoms with van der Waals surface area (Å²) in [5, 5.41) is 12.5. The van der Waals surface area contributed by atoms with Gasteiger partial charge in [-0.15, -0.1) is 0 Å².